The zero-order valence-corrected chi connectivity index (χ0v) is 14.5. The molecule has 2 aromatic rings. The molecule has 1 aliphatic rings. The van der Waals surface area contributed by atoms with Crippen LogP contribution in [0.4, 0.5) is 8.78 Å². The topological polar surface area (TPSA) is 56.2 Å². The zero-order valence-electron chi connectivity index (χ0n) is 14.5. The van der Waals surface area contributed by atoms with Crippen LogP contribution in [0.5, 0.6) is 0 Å². The number of carbonyl (C=O) groups is 1. The fourth-order valence-electron chi connectivity index (χ4n) is 3.44. The number of hydrogen-bond donors (Lipinski definition) is 1. The van der Waals surface area contributed by atoms with E-state index < -0.39 is 17.2 Å². The monoisotopic (exact) mass is 349 g/mol. The number of nitrogens with zero attached hydrogens (tertiary/aromatic N) is 2. The first-order valence-electron chi connectivity index (χ1n) is 8.20. The molecule has 0 bridgehead atoms. The van der Waals surface area contributed by atoms with E-state index in [0.717, 1.165) is 11.8 Å². The van der Waals surface area contributed by atoms with E-state index >= 15 is 0 Å². The highest BCUT2D eigenvalue weighted by atomic mass is 19.1. The Labute approximate surface area is 145 Å². The third-order valence-electron chi connectivity index (χ3n) is 4.88. The Morgan fingerprint density at radius 1 is 1.28 bits per heavy atom. The van der Waals surface area contributed by atoms with Gasteiger partial charge in [-0.15, -0.1) is 0 Å². The van der Waals surface area contributed by atoms with Crippen molar-refractivity contribution in [2.24, 2.45) is 7.05 Å². The van der Waals surface area contributed by atoms with E-state index in [-0.39, 0.29) is 11.5 Å². The maximum Gasteiger partial charge on any atom is 0.255 e. The number of ether oxygens (including phenoxy) is 1. The Bertz CT molecular complexity index is 811. The number of benzene rings is 1. The molecule has 1 amide bonds. The molecule has 0 atom stereocenters. The normalized spacial score (nSPS) is 16.7. The van der Waals surface area contributed by atoms with Gasteiger partial charge in [-0.05, 0) is 32.8 Å². The molecule has 7 heteroatoms. The van der Waals surface area contributed by atoms with Crippen LogP contribution in [0.3, 0.4) is 0 Å². The Morgan fingerprint density at radius 3 is 2.52 bits per heavy atom. The van der Waals surface area contributed by atoms with E-state index in [2.05, 4.69) is 10.4 Å². The molecule has 0 spiro atoms. The van der Waals surface area contributed by atoms with Crippen molar-refractivity contribution in [2.75, 3.05) is 13.2 Å². The smallest absolute Gasteiger partial charge is 0.255 e. The van der Waals surface area contributed by atoms with Gasteiger partial charge in [0, 0.05) is 37.6 Å². The molecule has 0 aliphatic carbocycles. The molecule has 1 aromatic carbocycles. The molecule has 134 valence electrons. The van der Waals surface area contributed by atoms with Gasteiger partial charge in [0.25, 0.3) is 5.91 Å². The highest BCUT2D eigenvalue weighted by Gasteiger charge is 2.39. The minimum atomic E-state index is -0.929. The number of rotatable bonds is 3. The summed E-state index contributed by atoms with van der Waals surface area (Å²) in [6.07, 6.45) is 0.833. The molecule has 1 fully saturated rings. The van der Waals surface area contributed by atoms with Crippen LogP contribution in [0.2, 0.25) is 0 Å². The van der Waals surface area contributed by atoms with Crippen LogP contribution in [0.15, 0.2) is 18.2 Å². The first-order valence-corrected chi connectivity index (χ1v) is 8.20. The third kappa shape index (κ3) is 3.16. The number of carbonyl (C=O) groups excluding carboxylic acids is 1. The quantitative estimate of drug-likeness (QED) is 0.927. The van der Waals surface area contributed by atoms with Gasteiger partial charge < -0.3 is 10.1 Å². The second kappa shape index (κ2) is 6.55. The lowest BCUT2D eigenvalue weighted by atomic mass is 9.82. The van der Waals surface area contributed by atoms with Gasteiger partial charge in [-0.2, -0.15) is 5.10 Å². The molecule has 3 rings (SSSR count). The maximum absolute atomic E-state index is 14.4. The van der Waals surface area contributed by atoms with Crippen molar-refractivity contribution in [3.8, 4) is 0 Å². The molecular formula is C18H21F2N3O2. The van der Waals surface area contributed by atoms with Crippen molar-refractivity contribution < 1.29 is 18.3 Å². The summed E-state index contributed by atoms with van der Waals surface area (Å²) >= 11 is 0. The Balaban J connectivity index is 2.00. The summed E-state index contributed by atoms with van der Waals surface area (Å²) in [6.45, 7) is 4.35. The van der Waals surface area contributed by atoms with Crippen molar-refractivity contribution in [3.63, 3.8) is 0 Å². The summed E-state index contributed by atoms with van der Waals surface area (Å²) in [4.78, 5) is 12.9. The van der Waals surface area contributed by atoms with Crippen LogP contribution in [-0.4, -0.2) is 28.9 Å². The number of amides is 1. The number of aromatic nitrogens is 2. The minimum absolute atomic E-state index is 0.282. The van der Waals surface area contributed by atoms with Crippen LogP contribution in [0.25, 0.3) is 0 Å². The molecule has 0 saturated carbocycles. The third-order valence-corrected chi connectivity index (χ3v) is 4.88. The molecule has 0 radical (unpaired) electrons. The highest BCUT2D eigenvalue weighted by Crippen LogP contribution is 2.34. The second-order valence-electron chi connectivity index (χ2n) is 6.44. The van der Waals surface area contributed by atoms with Gasteiger partial charge in [0.05, 0.1) is 16.8 Å². The fourth-order valence-corrected chi connectivity index (χ4v) is 3.44. The van der Waals surface area contributed by atoms with Crippen LogP contribution in [-0.2, 0) is 17.3 Å². The van der Waals surface area contributed by atoms with Gasteiger partial charge in [-0.3, -0.25) is 9.48 Å². The van der Waals surface area contributed by atoms with Crippen LogP contribution < -0.4 is 5.32 Å². The van der Waals surface area contributed by atoms with Crippen LogP contribution in [0.1, 0.15) is 40.2 Å². The number of hydrogen-bond acceptors (Lipinski definition) is 3. The van der Waals surface area contributed by atoms with Gasteiger partial charge >= 0.3 is 0 Å². The fraction of sp³-hybridized carbons (Fsp3) is 0.444. The summed E-state index contributed by atoms with van der Waals surface area (Å²) in [5.74, 6) is -1.62. The molecule has 1 aliphatic heterocycles. The van der Waals surface area contributed by atoms with E-state index in [0.29, 0.717) is 37.3 Å². The van der Waals surface area contributed by atoms with Crippen molar-refractivity contribution in [3.05, 3.63) is 52.3 Å². The van der Waals surface area contributed by atoms with E-state index in [4.69, 9.17) is 4.74 Å². The summed E-state index contributed by atoms with van der Waals surface area (Å²) in [5, 5.41) is 7.24. The van der Waals surface area contributed by atoms with Gasteiger partial charge in [0.15, 0.2) is 0 Å². The van der Waals surface area contributed by atoms with E-state index in [9.17, 15) is 13.6 Å². The standard InChI is InChI=1S/C18H21F2N3O2/c1-11-16(12(2)23(3)22-11)17(24)21-18(6-8-25-9-7-18)14-5-4-13(19)10-15(14)20/h4-5,10H,6-9H2,1-3H3,(H,21,24). The van der Waals surface area contributed by atoms with Crippen molar-refractivity contribution in [2.45, 2.75) is 32.2 Å². The molecule has 1 aromatic heterocycles. The number of nitrogens with one attached hydrogen (secondary N) is 1. The highest BCUT2D eigenvalue weighted by molar-refractivity contribution is 5.97. The summed E-state index contributed by atoms with van der Waals surface area (Å²) < 4.78 is 34.8. The lowest BCUT2D eigenvalue weighted by molar-refractivity contribution is 0.0333. The predicted molar refractivity (Wildman–Crippen MR) is 88.2 cm³/mol. The Morgan fingerprint density at radius 2 is 1.96 bits per heavy atom. The molecular weight excluding hydrogens is 328 g/mol. The predicted octanol–water partition coefficient (Wildman–Crippen LogP) is 2.75. The molecule has 5 nitrogen and oxygen atoms in total. The number of aryl methyl sites for hydroxylation is 2. The first kappa shape index (κ1) is 17.5. The average molecular weight is 349 g/mol. The lowest BCUT2D eigenvalue weighted by Crippen LogP contribution is -2.50. The summed E-state index contributed by atoms with van der Waals surface area (Å²) in [5.41, 5.74) is 1.18. The molecule has 1 N–H and O–H groups in total. The maximum atomic E-state index is 14.4. The summed E-state index contributed by atoms with van der Waals surface area (Å²) in [7, 11) is 1.77. The van der Waals surface area contributed by atoms with Gasteiger partial charge in [0.1, 0.15) is 11.6 Å². The zero-order chi connectivity index (χ0) is 18.2. The van der Waals surface area contributed by atoms with Crippen LogP contribution >= 0.6 is 0 Å². The Kier molecular flexibility index (Phi) is 4.60. The van der Waals surface area contributed by atoms with Gasteiger partial charge in [-0.1, -0.05) is 6.07 Å². The minimum Gasteiger partial charge on any atom is -0.381 e. The average Bonchev–Trinajstić information content (AvgIpc) is 2.80. The van der Waals surface area contributed by atoms with E-state index in [1.54, 1.807) is 18.7 Å². The van der Waals surface area contributed by atoms with Crippen molar-refractivity contribution >= 4 is 5.91 Å². The second-order valence-corrected chi connectivity index (χ2v) is 6.44. The largest absolute Gasteiger partial charge is 0.381 e. The molecule has 1 saturated heterocycles. The number of halogens is 2. The molecule has 2 heterocycles. The van der Waals surface area contributed by atoms with E-state index in [1.165, 1.54) is 12.1 Å². The van der Waals surface area contributed by atoms with Crippen molar-refractivity contribution in [1.82, 2.24) is 15.1 Å². The first-order chi connectivity index (χ1) is 11.8. The SMILES string of the molecule is Cc1nn(C)c(C)c1C(=O)NC1(c2ccc(F)cc2F)CCOCC1. The van der Waals surface area contributed by atoms with Crippen molar-refractivity contribution in [1.29, 1.82) is 0 Å². The summed E-state index contributed by atoms with van der Waals surface area (Å²) in [6, 6.07) is 3.46. The molecule has 25 heavy (non-hydrogen) atoms. The van der Waals surface area contributed by atoms with Crippen LogP contribution in [0, 0.1) is 25.5 Å². The van der Waals surface area contributed by atoms with Gasteiger partial charge in [-0.25, -0.2) is 8.78 Å². The van der Waals surface area contributed by atoms with E-state index in [1.807, 2.05) is 6.92 Å². The molecule has 0 unspecified atom stereocenters. The van der Waals surface area contributed by atoms with Gasteiger partial charge in [0.2, 0.25) is 0 Å². The Hall–Kier alpha value is -2.28. The lowest BCUT2D eigenvalue weighted by Gasteiger charge is -2.38.